The number of carboxylic acid groups (broad SMARTS) is 1. The largest absolute Gasteiger partial charge is 0.478 e. The minimum Gasteiger partial charge on any atom is -0.478 e. The molecule has 0 saturated heterocycles. The Morgan fingerprint density at radius 3 is 2.40 bits per heavy atom. The fourth-order valence-electron chi connectivity index (χ4n) is 2.44. The lowest BCUT2D eigenvalue weighted by atomic mass is 10.1. The molecule has 1 heterocycles. The van der Waals surface area contributed by atoms with Gasteiger partial charge in [-0.15, -0.1) is 0 Å². The molecular weight excluding hydrogens is 282 g/mol. The van der Waals surface area contributed by atoms with E-state index in [2.05, 4.69) is 18.6 Å². The molecule has 20 heavy (non-hydrogen) atoms. The number of aromatic carboxylic acids is 1. The molecule has 1 unspecified atom stereocenters. The van der Waals surface area contributed by atoms with Crippen molar-refractivity contribution in [3.8, 4) is 0 Å². The second-order valence-corrected chi connectivity index (χ2v) is 7.67. The minimum atomic E-state index is -3.88. The van der Waals surface area contributed by atoms with Crippen molar-refractivity contribution in [3.63, 3.8) is 0 Å². The van der Waals surface area contributed by atoms with Gasteiger partial charge < -0.3 is 9.52 Å². The normalized spacial score (nSPS) is 20.9. The SMILES string of the molecule is Cc1oc(C)c(S(=O)(=O)NCC2CC2(C)C)c1C(=O)O. The highest BCUT2D eigenvalue weighted by molar-refractivity contribution is 7.89. The summed E-state index contributed by atoms with van der Waals surface area (Å²) in [5.41, 5.74) is -0.135. The van der Waals surface area contributed by atoms with Gasteiger partial charge in [0.1, 0.15) is 22.0 Å². The molecular formula is C13H19NO5S. The van der Waals surface area contributed by atoms with Crippen LogP contribution in [-0.2, 0) is 10.0 Å². The van der Waals surface area contributed by atoms with E-state index in [1.807, 2.05) is 0 Å². The monoisotopic (exact) mass is 301 g/mol. The van der Waals surface area contributed by atoms with Crippen LogP contribution < -0.4 is 4.72 Å². The molecule has 1 atom stereocenters. The molecule has 0 bridgehead atoms. The summed E-state index contributed by atoms with van der Waals surface area (Å²) in [4.78, 5) is 10.9. The summed E-state index contributed by atoms with van der Waals surface area (Å²) in [7, 11) is -3.88. The first-order valence-electron chi connectivity index (χ1n) is 6.39. The van der Waals surface area contributed by atoms with E-state index in [0.717, 1.165) is 6.42 Å². The minimum absolute atomic E-state index is 0.0992. The molecule has 2 N–H and O–H groups in total. The number of carboxylic acids is 1. The number of rotatable bonds is 5. The number of sulfonamides is 1. The average molecular weight is 301 g/mol. The van der Waals surface area contributed by atoms with Crippen molar-refractivity contribution in [1.82, 2.24) is 4.72 Å². The number of nitrogens with one attached hydrogen (secondary N) is 1. The summed E-state index contributed by atoms with van der Waals surface area (Å²) in [6.45, 7) is 7.36. The smallest absolute Gasteiger partial charge is 0.340 e. The van der Waals surface area contributed by atoms with Crippen LogP contribution in [0.5, 0.6) is 0 Å². The molecule has 0 aliphatic heterocycles. The van der Waals surface area contributed by atoms with Gasteiger partial charge >= 0.3 is 5.97 Å². The lowest BCUT2D eigenvalue weighted by Crippen LogP contribution is -2.28. The van der Waals surface area contributed by atoms with Crippen LogP contribution in [0.1, 0.15) is 42.1 Å². The number of furan rings is 1. The highest BCUT2D eigenvalue weighted by atomic mass is 32.2. The van der Waals surface area contributed by atoms with E-state index >= 15 is 0 Å². The molecule has 1 aliphatic rings. The zero-order chi connectivity index (χ0) is 15.3. The van der Waals surface area contributed by atoms with Gasteiger partial charge in [0.25, 0.3) is 0 Å². The molecule has 6 nitrogen and oxygen atoms in total. The van der Waals surface area contributed by atoms with Crippen LogP contribution in [0.4, 0.5) is 0 Å². The molecule has 1 aliphatic carbocycles. The van der Waals surface area contributed by atoms with Gasteiger partial charge in [0.05, 0.1) is 0 Å². The second-order valence-electron chi connectivity index (χ2n) is 5.97. The predicted octanol–water partition coefficient (Wildman–Crippen LogP) is 1.92. The van der Waals surface area contributed by atoms with Crippen molar-refractivity contribution < 1.29 is 22.7 Å². The summed E-state index contributed by atoms with van der Waals surface area (Å²) in [6.07, 6.45) is 0.963. The molecule has 1 saturated carbocycles. The quantitative estimate of drug-likeness (QED) is 0.866. The Balaban J connectivity index is 2.28. The number of aryl methyl sites for hydroxylation is 2. The van der Waals surface area contributed by atoms with E-state index in [1.54, 1.807) is 0 Å². The van der Waals surface area contributed by atoms with Gasteiger partial charge in [0, 0.05) is 6.54 Å². The second kappa shape index (κ2) is 4.60. The van der Waals surface area contributed by atoms with Gasteiger partial charge in [-0.05, 0) is 31.6 Å². The van der Waals surface area contributed by atoms with Gasteiger partial charge in [0.2, 0.25) is 10.0 Å². The summed E-state index contributed by atoms with van der Waals surface area (Å²) >= 11 is 0. The summed E-state index contributed by atoms with van der Waals surface area (Å²) < 4.78 is 32.2. The van der Waals surface area contributed by atoms with Gasteiger partial charge in [-0.1, -0.05) is 13.8 Å². The van der Waals surface area contributed by atoms with Crippen molar-refractivity contribution in [2.45, 2.75) is 39.0 Å². The Labute approximate surface area is 118 Å². The first-order valence-corrected chi connectivity index (χ1v) is 7.87. The maximum absolute atomic E-state index is 12.3. The van der Waals surface area contributed by atoms with Crippen LogP contribution in [0.15, 0.2) is 9.31 Å². The van der Waals surface area contributed by atoms with Gasteiger partial charge in [-0.2, -0.15) is 0 Å². The summed E-state index contributed by atoms with van der Waals surface area (Å²) in [5.74, 6) is -0.810. The number of carbonyl (C=O) groups is 1. The Morgan fingerprint density at radius 2 is 1.95 bits per heavy atom. The molecule has 2 rings (SSSR count). The lowest BCUT2D eigenvalue weighted by molar-refractivity contribution is 0.0691. The molecule has 1 aromatic heterocycles. The van der Waals surface area contributed by atoms with Crippen LogP contribution >= 0.6 is 0 Å². The highest BCUT2D eigenvalue weighted by Gasteiger charge is 2.46. The van der Waals surface area contributed by atoms with Crippen molar-refractivity contribution in [3.05, 3.63) is 17.1 Å². The first kappa shape index (κ1) is 15.1. The average Bonchev–Trinajstić information content (AvgIpc) is 2.76. The fraction of sp³-hybridized carbons (Fsp3) is 0.615. The van der Waals surface area contributed by atoms with Crippen LogP contribution in [-0.4, -0.2) is 26.0 Å². The molecule has 0 spiro atoms. The number of hydrogen-bond acceptors (Lipinski definition) is 4. The van der Waals surface area contributed by atoms with Crippen molar-refractivity contribution in [2.24, 2.45) is 11.3 Å². The van der Waals surface area contributed by atoms with E-state index in [1.165, 1.54) is 13.8 Å². The molecule has 1 fully saturated rings. The van der Waals surface area contributed by atoms with E-state index in [9.17, 15) is 13.2 Å². The third kappa shape index (κ3) is 2.60. The van der Waals surface area contributed by atoms with E-state index < -0.39 is 16.0 Å². The maximum Gasteiger partial charge on any atom is 0.340 e. The van der Waals surface area contributed by atoms with Crippen molar-refractivity contribution >= 4 is 16.0 Å². The molecule has 7 heteroatoms. The van der Waals surface area contributed by atoms with Gasteiger partial charge in [-0.3, -0.25) is 0 Å². The zero-order valence-electron chi connectivity index (χ0n) is 12.0. The zero-order valence-corrected chi connectivity index (χ0v) is 12.8. The molecule has 0 radical (unpaired) electrons. The van der Waals surface area contributed by atoms with Gasteiger partial charge in [-0.25, -0.2) is 17.9 Å². The topological polar surface area (TPSA) is 96.6 Å². The predicted molar refractivity (Wildman–Crippen MR) is 72.2 cm³/mol. The van der Waals surface area contributed by atoms with Crippen LogP contribution in [0, 0.1) is 25.2 Å². The van der Waals surface area contributed by atoms with Crippen LogP contribution in [0.2, 0.25) is 0 Å². The molecule has 112 valence electrons. The molecule has 0 aromatic carbocycles. The third-order valence-electron chi connectivity index (χ3n) is 3.92. The fourth-order valence-corrected chi connectivity index (χ4v) is 3.93. The maximum atomic E-state index is 12.3. The Hall–Kier alpha value is -1.34. The lowest BCUT2D eigenvalue weighted by Gasteiger charge is -2.08. The van der Waals surface area contributed by atoms with E-state index in [0.29, 0.717) is 12.5 Å². The van der Waals surface area contributed by atoms with E-state index in [-0.39, 0.29) is 27.4 Å². The van der Waals surface area contributed by atoms with Crippen molar-refractivity contribution in [2.75, 3.05) is 6.54 Å². The van der Waals surface area contributed by atoms with Crippen molar-refractivity contribution in [1.29, 1.82) is 0 Å². The number of hydrogen-bond donors (Lipinski definition) is 2. The first-order chi connectivity index (χ1) is 9.06. The molecule has 1 aromatic rings. The third-order valence-corrected chi connectivity index (χ3v) is 5.50. The van der Waals surface area contributed by atoms with Gasteiger partial charge in [0.15, 0.2) is 0 Å². The summed E-state index contributed by atoms with van der Waals surface area (Å²) in [5, 5.41) is 9.14. The van der Waals surface area contributed by atoms with Crippen LogP contribution in [0.3, 0.4) is 0 Å². The summed E-state index contributed by atoms with van der Waals surface area (Å²) in [6, 6.07) is 0. The Morgan fingerprint density at radius 1 is 1.40 bits per heavy atom. The Bertz CT molecular complexity index is 657. The Kier molecular flexibility index (Phi) is 3.46. The standard InChI is InChI=1S/C13H19NO5S/c1-7-10(12(15)16)11(8(2)19-7)20(17,18)14-6-9-5-13(9,3)4/h9,14H,5-6H2,1-4H3,(H,15,16). The highest BCUT2D eigenvalue weighted by Crippen LogP contribution is 2.51. The van der Waals surface area contributed by atoms with E-state index in [4.69, 9.17) is 9.52 Å². The van der Waals surface area contributed by atoms with Crippen LogP contribution in [0.25, 0.3) is 0 Å². The molecule has 0 amide bonds.